The summed E-state index contributed by atoms with van der Waals surface area (Å²) in [7, 11) is 0. The zero-order chi connectivity index (χ0) is 18.5. The molecular weight excluding hydrogens is 304 g/mol. The van der Waals surface area contributed by atoms with Crippen molar-refractivity contribution in [3.63, 3.8) is 0 Å². The van der Waals surface area contributed by atoms with E-state index in [0.29, 0.717) is 37.5 Å². The third-order valence-electron chi connectivity index (χ3n) is 3.21. The fourth-order valence-electron chi connectivity index (χ4n) is 2.27. The summed E-state index contributed by atoms with van der Waals surface area (Å²) in [6.45, 7) is 12.3. The van der Waals surface area contributed by atoms with E-state index in [1.54, 1.807) is 0 Å². The Balaban J connectivity index is 3.85. The zero-order valence-corrected chi connectivity index (χ0v) is 16.1. The number of carbonyl (C=O) groups excluding carboxylic acids is 2. The smallest absolute Gasteiger partial charge is 0.240 e. The monoisotopic (exact) mass is 338 g/mol. The van der Waals surface area contributed by atoms with Crippen molar-refractivity contribution >= 4 is 23.2 Å². The molecule has 0 fully saturated rings. The highest BCUT2D eigenvalue weighted by Crippen LogP contribution is 2.03. The quantitative estimate of drug-likeness (QED) is 0.342. The minimum absolute atomic E-state index is 0.107. The lowest BCUT2D eigenvalue weighted by Crippen LogP contribution is -2.20. The Morgan fingerprint density at radius 2 is 1.08 bits per heavy atom. The van der Waals surface area contributed by atoms with E-state index in [9.17, 15) is 9.59 Å². The average molecular weight is 338 g/mol. The SMILES string of the molecule is CC(CC(C)C)=NNC(=O)CCCCC(=O)NN=C(C)CC(C)C. The molecule has 2 amide bonds. The van der Waals surface area contributed by atoms with Crippen LogP contribution in [0.15, 0.2) is 10.2 Å². The summed E-state index contributed by atoms with van der Waals surface area (Å²) in [6, 6.07) is 0. The predicted octanol–water partition coefficient (Wildman–Crippen LogP) is 3.62. The number of rotatable bonds is 11. The van der Waals surface area contributed by atoms with E-state index in [1.807, 2.05) is 13.8 Å². The van der Waals surface area contributed by atoms with Crippen LogP contribution in [0.2, 0.25) is 0 Å². The molecule has 0 aliphatic carbocycles. The van der Waals surface area contributed by atoms with Gasteiger partial charge in [0.25, 0.3) is 0 Å². The van der Waals surface area contributed by atoms with Gasteiger partial charge in [-0.3, -0.25) is 9.59 Å². The molecule has 0 saturated carbocycles. The number of nitrogens with zero attached hydrogens (tertiary/aromatic N) is 2. The molecule has 24 heavy (non-hydrogen) atoms. The normalized spacial score (nSPS) is 12.7. The molecule has 0 aliphatic rings. The zero-order valence-electron chi connectivity index (χ0n) is 16.1. The number of amides is 2. The number of carbonyl (C=O) groups is 2. The topological polar surface area (TPSA) is 82.9 Å². The third kappa shape index (κ3) is 13.9. The second kappa shape index (κ2) is 12.7. The second-order valence-electron chi connectivity index (χ2n) is 7.17. The summed E-state index contributed by atoms with van der Waals surface area (Å²) >= 11 is 0. The molecule has 2 N–H and O–H groups in total. The summed E-state index contributed by atoms with van der Waals surface area (Å²) in [5.74, 6) is 0.834. The lowest BCUT2D eigenvalue weighted by molar-refractivity contribution is -0.123. The first-order valence-electron chi connectivity index (χ1n) is 8.84. The Hall–Kier alpha value is -1.72. The molecule has 0 unspecified atom stereocenters. The number of hydrogen-bond donors (Lipinski definition) is 2. The van der Waals surface area contributed by atoms with Gasteiger partial charge in [0, 0.05) is 24.3 Å². The highest BCUT2D eigenvalue weighted by Gasteiger charge is 2.04. The van der Waals surface area contributed by atoms with Crippen LogP contribution in [0.5, 0.6) is 0 Å². The van der Waals surface area contributed by atoms with Crippen molar-refractivity contribution in [1.82, 2.24) is 10.9 Å². The van der Waals surface area contributed by atoms with Crippen molar-refractivity contribution < 1.29 is 9.59 Å². The summed E-state index contributed by atoms with van der Waals surface area (Å²) in [6.07, 6.45) is 3.82. The van der Waals surface area contributed by atoms with Crippen molar-refractivity contribution in [3.05, 3.63) is 0 Å². The highest BCUT2D eigenvalue weighted by atomic mass is 16.2. The largest absolute Gasteiger partial charge is 0.273 e. The van der Waals surface area contributed by atoms with Gasteiger partial charge in [-0.15, -0.1) is 0 Å². The summed E-state index contributed by atoms with van der Waals surface area (Å²) in [5.41, 5.74) is 6.97. The van der Waals surface area contributed by atoms with E-state index in [2.05, 4.69) is 48.7 Å². The summed E-state index contributed by atoms with van der Waals surface area (Å²) < 4.78 is 0. The van der Waals surface area contributed by atoms with Crippen LogP contribution < -0.4 is 10.9 Å². The molecule has 6 nitrogen and oxygen atoms in total. The molecule has 0 radical (unpaired) electrons. The van der Waals surface area contributed by atoms with E-state index >= 15 is 0 Å². The molecule has 0 saturated heterocycles. The Bertz CT molecular complexity index is 412. The Morgan fingerprint density at radius 1 is 0.750 bits per heavy atom. The molecule has 138 valence electrons. The first-order valence-corrected chi connectivity index (χ1v) is 8.84. The van der Waals surface area contributed by atoms with Crippen molar-refractivity contribution in [2.24, 2.45) is 22.0 Å². The number of nitrogens with one attached hydrogen (secondary N) is 2. The molecule has 0 aliphatic heterocycles. The fourth-order valence-corrected chi connectivity index (χ4v) is 2.27. The highest BCUT2D eigenvalue weighted by molar-refractivity contribution is 5.85. The molecule has 0 aromatic heterocycles. The predicted molar refractivity (Wildman–Crippen MR) is 99.9 cm³/mol. The van der Waals surface area contributed by atoms with Crippen molar-refractivity contribution in [3.8, 4) is 0 Å². The molecule has 0 spiro atoms. The van der Waals surface area contributed by atoms with Gasteiger partial charge in [-0.1, -0.05) is 27.7 Å². The Kier molecular flexibility index (Phi) is 11.8. The average Bonchev–Trinajstić information content (AvgIpc) is 2.46. The number of hydrogen-bond acceptors (Lipinski definition) is 4. The molecule has 0 aromatic rings. The Morgan fingerprint density at radius 3 is 1.38 bits per heavy atom. The van der Waals surface area contributed by atoms with E-state index in [0.717, 1.165) is 24.3 Å². The lowest BCUT2D eigenvalue weighted by atomic mass is 10.1. The van der Waals surface area contributed by atoms with Crippen LogP contribution in [0.25, 0.3) is 0 Å². The van der Waals surface area contributed by atoms with Crippen LogP contribution >= 0.6 is 0 Å². The van der Waals surface area contributed by atoms with Crippen molar-refractivity contribution in [1.29, 1.82) is 0 Å². The van der Waals surface area contributed by atoms with Gasteiger partial charge in [-0.25, -0.2) is 10.9 Å². The lowest BCUT2D eigenvalue weighted by Gasteiger charge is -2.06. The molecule has 0 bridgehead atoms. The summed E-state index contributed by atoms with van der Waals surface area (Å²) in [5, 5.41) is 8.14. The number of hydrazone groups is 2. The molecule has 0 heterocycles. The van der Waals surface area contributed by atoms with Gasteiger partial charge >= 0.3 is 0 Å². The molecule has 0 aromatic carbocycles. The van der Waals surface area contributed by atoms with Gasteiger partial charge in [0.1, 0.15) is 0 Å². The first kappa shape index (κ1) is 22.3. The standard InChI is InChI=1S/C18H34N4O2/c1-13(2)11-15(5)19-21-17(23)9-7-8-10-18(24)22-20-16(6)12-14(3)4/h13-14H,7-12H2,1-6H3,(H,21,23)(H,22,24). The van der Waals surface area contributed by atoms with Crippen molar-refractivity contribution in [2.75, 3.05) is 0 Å². The first-order chi connectivity index (χ1) is 11.2. The third-order valence-corrected chi connectivity index (χ3v) is 3.21. The maximum absolute atomic E-state index is 11.7. The van der Waals surface area contributed by atoms with Gasteiger partial charge in [0.2, 0.25) is 11.8 Å². The minimum Gasteiger partial charge on any atom is -0.273 e. The Labute approximate surface area is 146 Å². The van der Waals surface area contributed by atoms with Crippen LogP contribution in [0.3, 0.4) is 0 Å². The molecule has 0 atom stereocenters. The van der Waals surface area contributed by atoms with Crippen LogP contribution in [-0.2, 0) is 9.59 Å². The second-order valence-corrected chi connectivity index (χ2v) is 7.17. The van der Waals surface area contributed by atoms with E-state index in [1.165, 1.54) is 0 Å². The fraction of sp³-hybridized carbons (Fsp3) is 0.778. The van der Waals surface area contributed by atoms with Crippen LogP contribution in [0.1, 0.15) is 80.1 Å². The summed E-state index contributed by atoms with van der Waals surface area (Å²) in [4.78, 5) is 23.3. The molecule has 6 heteroatoms. The van der Waals surface area contributed by atoms with E-state index < -0.39 is 0 Å². The molecular formula is C18H34N4O2. The van der Waals surface area contributed by atoms with Crippen molar-refractivity contribution in [2.45, 2.75) is 80.1 Å². The van der Waals surface area contributed by atoms with Gasteiger partial charge in [0.15, 0.2) is 0 Å². The maximum Gasteiger partial charge on any atom is 0.240 e. The van der Waals surface area contributed by atoms with Crippen LogP contribution in [0, 0.1) is 11.8 Å². The van der Waals surface area contributed by atoms with Gasteiger partial charge in [0.05, 0.1) is 0 Å². The van der Waals surface area contributed by atoms with Crippen LogP contribution in [0.4, 0.5) is 0 Å². The maximum atomic E-state index is 11.7. The molecule has 0 rings (SSSR count). The van der Waals surface area contributed by atoms with Crippen LogP contribution in [-0.4, -0.2) is 23.2 Å². The number of unbranched alkanes of at least 4 members (excludes halogenated alkanes) is 1. The minimum atomic E-state index is -0.107. The van der Waals surface area contributed by atoms with E-state index in [4.69, 9.17) is 0 Å². The van der Waals surface area contributed by atoms with E-state index in [-0.39, 0.29) is 11.8 Å². The van der Waals surface area contributed by atoms with Gasteiger partial charge < -0.3 is 0 Å². The van der Waals surface area contributed by atoms with Gasteiger partial charge in [-0.2, -0.15) is 10.2 Å². The van der Waals surface area contributed by atoms with Gasteiger partial charge in [-0.05, 0) is 51.4 Å².